The molecule has 1 saturated heterocycles. The summed E-state index contributed by atoms with van der Waals surface area (Å²) in [5, 5.41) is 14.1. The largest absolute Gasteiger partial charge is 0.313 e. The minimum absolute atomic E-state index is 0.418. The highest BCUT2D eigenvalue weighted by Gasteiger charge is 2.18. The summed E-state index contributed by atoms with van der Waals surface area (Å²) in [6.45, 7) is 10.5. The standard InChI is InChI=1S/C10H19N5/c1-8(2)10-13-12-9(3)15(10)14-6-4-11-5-7-14/h8,11H,4-7H2,1-3H3. The molecular weight excluding hydrogens is 190 g/mol. The van der Waals surface area contributed by atoms with Crippen LogP contribution in [0.15, 0.2) is 0 Å². The molecule has 1 aromatic heterocycles. The summed E-state index contributed by atoms with van der Waals surface area (Å²) in [7, 11) is 0. The molecule has 1 N–H and O–H groups in total. The van der Waals surface area contributed by atoms with Crippen molar-refractivity contribution < 1.29 is 0 Å². The van der Waals surface area contributed by atoms with E-state index in [4.69, 9.17) is 0 Å². The van der Waals surface area contributed by atoms with Crippen LogP contribution in [0.1, 0.15) is 31.4 Å². The molecule has 0 atom stereocenters. The molecule has 5 nitrogen and oxygen atoms in total. The van der Waals surface area contributed by atoms with Gasteiger partial charge in [-0.3, -0.25) is 0 Å². The lowest BCUT2D eigenvalue weighted by Gasteiger charge is -2.32. The molecule has 0 aliphatic carbocycles. The second kappa shape index (κ2) is 4.18. The monoisotopic (exact) mass is 209 g/mol. The Hall–Kier alpha value is -1.10. The lowest BCUT2D eigenvalue weighted by molar-refractivity contribution is 0.467. The van der Waals surface area contributed by atoms with Gasteiger partial charge in [-0.15, -0.1) is 10.2 Å². The second-order valence-corrected chi connectivity index (χ2v) is 4.28. The van der Waals surface area contributed by atoms with Crippen LogP contribution in [0.4, 0.5) is 0 Å². The summed E-state index contributed by atoms with van der Waals surface area (Å²) in [5.41, 5.74) is 0. The minimum atomic E-state index is 0.418. The summed E-state index contributed by atoms with van der Waals surface area (Å²) >= 11 is 0. The number of piperazine rings is 1. The number of aryl methyl sites for hydroxylation is 1. The number of nitrogens with one attached hydrogen (secondary N) is 1. The Bertz CT molecular complexity index is 325. The molecule has 1 fully saturated rings. The van der Waals surface area contributed by atoms with E-state index in [0.29, 0.717) is 5.92 Å². The van der Waals surface area contributed by atoms with E-state index < -0.39 is 0 Å². The summed E-state index contributed by atoms with van der Waals surface area (Å²) in [4.78, 5) is 0. The highest BCUT2D eigenvalue weighted by molar-refractivity contribution is 5.06. The van der Waals surface area contributed by atoms with Crippen LogP contribution in [0.2, 0.25) is 0 Å². The molecule has 2 heterocycles. The van der Waals surface area contributed by atoms with Crippen molar-refractivity contribution in [3.63, 3.8) is 0 Å². The van der Waals surface area contributed by atoms with E-state index in [1.807, 2.05) is 6.92 Å². The molecule has 0 radical (unpaired) electrons. The van der Waals surface area contributed by atoms with Crippen molar-refractivity contribution in [1.29, 1.82) is 0 Å². The molecular formula is C10H19N5. The van der Waals surface area contributed by atoms with E-state index in [2.05, 4.69) is 39.0 Å². The lowest BCUT2D eigenvalue weighted by atomic mass is 10.2. The third-order valence-corrected chi connectivity index (χ3v) is 2.71. The quantitative estimate of drug-likeness (QED) is 0.758. The molecule has 0 aromatic carbocycles. The fourth-order valence-electron chi connectivity index (χ4n) is 1.94. The van der Waals surface area contributed by atoms with Crippen LogP contribution in [0, 0.1) is 6.92 Å². The van der Waals surface area contributed by atoms with E-state index in [1.54, 1.807) is 0 Å². The van der Waals surface area contributed by atoms with Gasteiger partial charge in [-0.1, -0.05) is 13.8 Å². The maximum Gasteiger partial charge on any atom is 0.154 e. The Morgan fingerprint density at radius 2 is 1.87 bits per heavy atom. The van der Waals surface area contributed by atoms with Crippen molar-refractivity contribution >= 4 is 0 Å². The van der Waals surface area contributed by atoms with Gasteiger partial charge in [-0.2, -0.15) is 0 Å². The van der Waals surface area contributed by atoms with Gasteiger partial charge in [-0.05, 0) is 6.92 Å². The van der Waals surface area contributed by atoms with Crippen molar-refractivity contribution in [1.82, 2.24) is 20.2 Å². The molecule has 0 saturated carbocycles. The maximum atomic E-state index is 4.24. The van der Waals surface area contributed by atoms with Gasteiger partial charge in [0.2, 0.25) is 0 Å². The molecule has 84 valence electrons. The summed E-state index contributed by atoms with van der Waals surface area (Å²) in [5.74, 6) is 2.47. The zero-order valence-corrected chi connectivity index (χ0v) is 9.69. The molecule has 1 aliphatic heterocycles. The highest BCUT2D eigenvalue weighted by atomic mass is 15.6. The van der Waals surface area contributed by atoms with E-state index in [-0.39, 0.29) is 0 Å². The third kappa shape index (κ3) is 1.97. The van der Waals surface area contributed by atoms with E-state index >= 15 is 0 Å². The Kier molecular flexibility index (Phi) is 2.90. The van der Waals surface area contributed by atoms with E-state index in [0.717, 1.165) is 37.8 Å². The zero-order valence-electron chi connectivity index (χ0n) is 9.69. The average molecular weight is 209 g/mol. The van der Waals surface area contributed by atoms with Crippen LogP contribution in [-0.4, -0.2) is 41.1 Å². The molecule has 0 bridgehead atoms. The van der Waals surface area contributed by atoms with Crippen LogP contribution in [0.25, 0.3) is 0 Å². The van der Waals surface area contributed by atoms with Crippen LogP contribution < -0.4 is 10.3 Å². The number of hydrogen-bond acceptors (Lipinski definition) is 4. The molecule has 15 heavy (non-hydrogen) atoms. The fourth-order valence-corrected chi connectivity index (χ4v) is 1.94. The topological polar surface area (TPSA) is 46.0 Å². The van der Waals surface area contributed by atoms with Gasteiger partial charge in [0.05, 0.1) is 0 Å². The maximum absolute atomic E-state index is 4.24. The average Bonchev–Trinajstić information content (AvgIpc) is 2.61. The molecule has 1 aromatic rings. The van der Waals surface area contributed by atoms with Crippen molar-refractivity contribution in [3.05, 3.63) is 11.6 Å². The van der Waals surface area contributed by atoms with Gasteiger partial charge < -0.3 is 10.3 Å². The lowest BCUT2D eigenvalue weighted by Crippen LogP contribution is -2.50. The highest BCUT2D eigenvalue weighted by Crippen LogP contribution is 2.13. The summed E-state index contributed by atoms with van der Waals surface area (Å²) < 4.78 is 2.17. The van der Waals surface area contributed by atoms with Crippen LogP contribution >= 0.6 is 0 Å². The first-order valence-electron chi connectivity index (χ1n) is 5.58. The second-order valence-electron chi connectivity index (χ2n) is 4.28. The molecule has 0 amide bonds. The van der Waals surface area contributed by atoms with Gasteiger partial charge in [-0.25, -0.2) is 4.68 Å². The fraction of sp³-hybridized carbons (Fsp3) is 0.800. The third-order valence-electron chi connectivity index (χ3n) is 2.71. The molecule has 0 unspecified atom stereocenters. The first kappa shape index (κ1) is 10.4. The minimum Gasteiger partial charge on any atom is -0.313 e. The molecule has 1 aliphatic rings. The van der Waals surface area contributed by atoms with Gasteiger partial charge in [0, 0.05) is 32.1 Å². The summed E-state index contributed by atoms with van der Waals surface area (Å²) in [6.07, 6.45) is 0. The number of hydrogen-bond donors (Lipinski definition) is 1. The normalized spacial score (nSPS) is 17.5. The first-order chi connectivity index (χ1) is 7.20. The zero-order chi connectivity index (χ0) is 10.8. The smallest absolute Gasteiger partial charge is 0.154 e. The Morgan fingerprint density at radius 1 is 1.20 bits per heavy atom. The molecule has 0 spiro atoms. The van der Waals surface area contributed by atoms with Crippen LogP contribution in [0.5, 0.6) is 0 Å². The number of rotatable bonds is 2. The first-order valence-corrected chi connectivity index (χ1v) is 5.58. The van der Waals surface area contributed by atoms with Crippen LogP contribution in [0.3, 0.4) is 0 Å². The predicted molar refractivity (Wildman–Crippen MR) is 59.7 cm³/mol. The van der Waals surface area contributed by atoms with Crippen molar-refractivity contribution in [2.45, 2.75) is 26.7 Å². The van der Waals surface area contributed by atoms with Gasteiger partial charge in [0.15, 0.2) is 5.82 Å². The number of aromatic nitrogens is 3. The number of nitrogens with zero attached hydrogens (tertiary/aromatic N) is 4. The van der Waals surface area contributed by atoms with Crippen LogP contribution in [-0.2, 0) is 0 Å². The van der Waals surface area contributed by atoms with Gasteiger partial charge in [0.25, 0.3) is 0 Å². The van der Waals surface area contributed by atoms with Gasteiger partial charge in [0.1, 0.15) is 5.82 Å². The Morgan fingerprint density at radius 3 is 2.47 bits per heavy atom. The Labute approximate surface area is 90.5 Å². The Balaban J connectivity index is 2.28. The van der Waals surface area contributed by atoms with Crippen molar-refractivity contribution in [3.8, 4) is 0 Å². The summed E-state index contributed by atoms with van der Waals surface area (Å²) in [6, 6.07) is 0. The van der Waals surface area contributed by atoms with Crippen molar-refractivity contribution in [2.75, 3.05) is 31.2 Å². The predicted octanol–water partition coefficient (Wildman–Crippen LogP) is 0.251. The van der Waals surface area contributed by atoms with E-state index in [1.165, 1.54) is 0 Å². The SMILES string of the molecule is Cc1nnc(C(C)C)n1N1CCNCC1. The van der Waals surface area contributed by atoms with E-state index in [9.17, 15) is 0 Å². The molecule has 5 heteroatoms. The van der Waals surface area contributed by atoms with Crippen molar-refractivity contribution in [2.24, 2.45) is 0 Å². The molecule has 2 rings (SSSR count). The van der Waals surface area contributed by atoms with Gasteiger partial charge >= 0.3 is 0 Å².